The van der Waals surface area contributed by atoms with Crippen LogP contribution in [0.5, 0.6) is 0 Å². The Hall–Kier alpha value is -0.0800. The lowest BCUT2D eigenvalue weighted by atomic mass is 9.73. The number of hydrogen-bond donors (Lipinski definition) is 1. The second kappa shape index (κ2) is 8.38. The van der Waals surface area contributed by atoms with Gasteiger partial charge in [-0.15, -0.1) is 0 Å². The summed E-state index contributed by atoms with van der Waals surface area (Å²) in [4.78, 5) is 0. The predicted molar refractivity (Wildman–Crippen MR) is 86.0 cm³/mol. The summed E-state index contributed by atoms with van der Waals surface area (Å²) in [5.74, 6) is 2.51. The van der Waals surface area contributed by atoms with Gasteiger partial charge in [0, 0.05) is 13.2 Å². The summed E-state index contributed by atoms with van der Waals surface area (Å²) >= 11 is 0. The Morgan fingerprint density at radius 1 is 1.00 bits per heavy atom. The van der Waals surface area contributed by atoms with Gasteiger partial charge >= 0.3 is 0 Å². The highest BCUT2D eigenvalue weighted by Gasteiger charge is 2.36. The third-order valence-corrected chi connectivity index (χ3v) is 5.67. The first-order valence-electron chi connectivity index (χ1n) is 9.02. The van der Waals surface area contributed by atoms with Gasteiger partial charge in [-0.3, -0.25) is 0 Å². The minimum Gasteiger partial charge on any atom is -0.380 e. The van der Waals surface area contributed by atoms with E-state index in [0.29, 0.717) is 12.1 Å². The smallest absolute Gasteiger partial charge is 0.0755 e. The van der Waals surface area contributed by atoms with Crippen molar-refractivity contribution in [2.45, 2.75) is 83.8 Å². The van der Waals surface area contributed by atoms with Crippen LogP contribution in [0.2, 0.25) is 0 Å². The molecular formula is C18H35NO. The number of hydrogen-bond acceptors (Lipinski definition) is 2. The molecular weight excluding hydrogens is 246 g/mol. The highest BCUT2D eigenvalue weighted by atomic mass is 16.5. The monoisotopic (exact) mass is 281 g/mol. The molecule has 0 bridgehead atoms. The van der Waals surface area contributed by atoms with E-state index in [0.717, 1.165) is 24.3 Å². The van der Waals surface area contributed by atoms with E-state index < -0.39 is 0 Å². The zero-order chi connectivity index (χ0) is 14.4. The molecule has 0 amide bonds. The van der Waals surface area contributed by atoms with Crippen molar-refractivity contribution in [1.82, 2.24) is 5.32 Å². The highest BCUT2D eigenvalue weighted by molar-refractivity contribution is 4.91. The van der Waals surface area contributed by atoms with Crippen LogP contribution in [0.3, 0.4) is 0 Å². The third-order valence-electron chi connectivity index (χ3n) is 5.67. The van der Waals surface area contributed by atoms with Gasteiger partial charge in [0.1, 0.15) is 0 Å². The highest BCUT2D eigenvalue weighted by Crippen LogP contribution is 2.36. The molecule has 0 spiro atoms. The van der Waals surface area contributed by atoms with E-state index in [1.165, 1.54) is 57.8 Å². The first-order valence-corrected chi connectivity index (χ1v) is 9.02. The SMILES string of the molecule is CCNC(C1CCCC(C)C1)C(OC)C1CCCCC1. The van der Waals surface area contributed by atoms with Gasteiger partial charge in [0.05, 0.1) is 6.10 Å². The van der Waals surface area contributed by atoms with Crippen LogP contribution in [0.25, 0.3) is 0 Å². The van der Waals surface area contributed by atoms with Crippen molar-refractivity contribution in [3.05, 3.63) is 0 Å². The molecule has 20 heavy (non-hydrogen) atoms. The molecule has 0 radical (unpaired) electrons. The Morgan fingerprint density at radius 2 is 1.70 bits per heavy atom. The van der Waals surface area contributed by atoms with Gasteiger partial charge in [0.25, 0.3) is 0 Å². The van der Waals surface area contributed by atoms with Crippen molar-refractivity contribution >= 4 is 0 Å². The lowest BCUT2D eigenvalue weighted by molar-refractivity contribution is -0.0152. The molecule has 1 N–H and O–H groups in total. The number of methoxy groups -OCH3 is 1. The maximum Gasteiger partial charge on any atom is 0.0755 e. The van der Waals surface area contributed by atoms with Crippen LogP contribution in [-0.2, 0) is 4.74 Å². The summed E-state index contributed by atoms with van der Waals surface area (Å²) in [6, 6.07) is 0.579. The molecule has 0 saturated heterocycles. The Labute approximate surface area is 126 Å². The largest absolute Gasteiger partial charge is 0.380 e. The van der Waals surface area contributed by atoms with Gasteiger partial charge in [0.15, 0.2) is 0 Å². The molecule has 2 heteroatoms. The number of rotatable bonds is 6. The van der Waals surface area contributed by atoms with E-state index in [1.807, 2.05) is 7.11 Å². The molecule has 0 heterocycles. The van der Waals surface area contributed by atoms with Crippen molar-refractivity contribution in [2.24, 2.45) is 17.8 Å². The topological polar surface area (TPSA) is 21.3 Å². The molecule has 2 aliphatic rings. The lowest BCUT2D eigenvalue weighted by Crippen LogP contribution is -2.50. The van der Waals surface area contributed by atoms with E-state index in [1.54, 1.807) is 0 Å². The molecule has 0 aliphatic heterocycles. The third kappa shape index (κ3) is 4.21. The molecule has 2 fully saturated rings. The van der Waals surface area contributed by atoms with Crippen LogP contribution in [0.1, 0.15) is 71.6 Å². The van der Waals surface area contributed by atoms with Gasteiger partial charge in [-0.1, -0.05) is 46.0 Å². The van der Waals surface area contributed by atoms with Crippen LogP contribution >= 0.6 is 0 Å². The molecule has 2 nitrogen and oxygen atoms in total. The molecule has 2 aliphatic carbocycles. The molecule has 0 aromatic heterocycles. The maximum atomic E-state index is 6.03. The fourth-order valence-corrected chi connectivity index (χ4v) is 4.69. The minimum absolute atomic E-state index is 0.436. The molecule has 0 aromatic rings. The van der Waals surface area contributed by atoms with Crippen molar-refractivity contribution in [2.75, 3.05) is 13.7 Å². The summed E-state index contributed by atoms with van der Waals surface area (Å²) < 4.78 is 6.03. The Morgan fingerprint density at radius 3 is 2.30 bits per heavy atom. The lowest BCUT2D eigenvalue weighted by Gasteiger charge is -2.41. The van der Waals surface area contributed by atoms with Crippen LogP contribution in [0.15, 0.2) is 0 Å². The average Bonchev–Trinajstić information content (AvgIpc) is 2.48. The maximum absolute atomic E-state index is 6.03. The normalized spacial score (nSPS) is 31.9. The second-order valence-electron chi connectivity index (χ2n) is 7.21. The molecule has 4 unspecified atom stereocenters. The quantitative estimate of drug-likeness (QED) is 0.780. The number of likely N-dealkylation sites (N-methyl/N-ethyl adjacent to an activating group) is 1. The van der Waals surface area contributed by atoms with E-state index >= 15 is 0 Å². The van der Waals surface area contributed by atoms with Gasteiger partial charge in [-0.05, 0) is 50.0 Å². The standard InChI is InChI=1S/C18H35NO/c1-4-19-17(16-12-8-9-14(2)13-16)18(20-3)15-10-6-5-7-11-15/h14-19H,4-13H2,1-3H3. The van der Waals surface area contributed by atoms with Crippen molar-refractivity contribution in [3.8, 4) is 0 Å². The summed E-state index contributed by atoms with van der Waals surface area (Å²) in [6.07, 6.45) is 13.1. The molecule has 0 aromatic carbocycles. The van der Waals surface area contributed by atoms with Crippen molar-refractivity contribution in [1.29, 1.82) is 0 Å². The fourth-order valence-electron chi connectivity index (χ4n) is 4.69. The van der Waals surface area contributed by atoms with Crippen LogP contribution in [0, 0.1) is 17.8 Å². The number of nitrogens with one attached hydrogen (secondary N) is 1. The van der Waals surface area contributed by atoms with Gasteiger partial charge < -0.3 is 10.1 Å². The fraction of sp³-hybridized carbons (Fsp3) is 1.00. The Kier molecular flexibility index (Phi) is 6.83. The molecule has 2 rings (SSSR count). The zero-order valence-electron chi connectivity index (χ0n) is 13.9. The van der Waals surface area contributed by atoms with Gasteiger partial charge in [0.2, 0.25) is 0 Å². The first-order chi connectivity index (χ1) is 9.76. The zero-order valence-corrected chi connectivity index (χ0v) is 13.9. The Balaban J connectivity index is 2.03. The second-order valence-corrected chi connectivity index (χ2v) is 7.21. The van der Waals surface area contributed by atoms with E-state index in [4.69, 9.17) is 4.74 Å². The van der Waals surface area contributed by atoms with Crippen LogP contribution < -0.4 is 5.32 Å². The van der Waals surface area contributed by atoms with Gasteiger partial charge in [-0.25, -0.2) is 0 Å². The molecule has 118 valence electrons. The Bertz CT molecular complexity index is 262. The van der Waals surface area contributed by atoms with Crippen molar-refractivity contribution in [3.63, 3.8) is 0 Å². The van der Waals surface area contributed by atoms with Gasteiger partial charge in [-0.2, -0.15) is 0 Å². The summed E-state index contributed by atoms with van der Waals surface area (Å²) in [7, 11) is 1.94. The summed E-state index contributed by atoms with van der Waals surface area (Å²) in [6.45, 7) is 5.74. The van der Waals surface area contributed by atoms with Crippen LogP contribution in [0.4, 0.5) is 0 Å². The summed E-state index contributed by atoms with van der Waals surface area (Å²) in [5.41, 5.74) is 0. The summed E-state index contributed by atoms with van der Waals surface area (Å²) in [5, 5.41) is 3.80. The average molecular weight is 281 g/mol. The van der Waals surface area contributed by atoms with Crippen LogP contribution in [-0.4, -0.2) is 25.8 Å². The predicted octanol–water partition coefficient (Wildman–Crippen LogP) is 4.39. The van der Waals surface area contributed by atoms with E-state index in [-0.39, 0.29) is 0 Å². The van der Waals surface area contributed by atoms with E-state index in [2.05, 4.69) is 19.2 Å². The van der Waals surface area contributed by atoms with Crippen molar-refractivity contribution < 1.29 is 4.74 Å². The van der Waals surface area contributed by atoms with E-state index in [9.17, 15) is 0 Å². The first kappa shape index (κ1) is 16.3. The molecule has 4 atom stereocenters. The molecule has 2 saturated carbocycles. The minimum atomic E-state index is 0.436. The number of ether oxygens (including phenoxy) is 1.